The third kappa shape index (κ3) is 4.03. The second-order valence-electron chi connectivity index (χ2n) is 3.07. The fraction of sp³-hybridized carbons (Fsp3) is 0.455. The summed E-state index contributed by atoms with van der Waals surface area (Å²) in [6, 6.07) is 4.01. The van der Waals surface area contributed by atoms with Crippen LogP contribution < -0.4 is 0 Å². The average molecular weight is 192 g/mol. The van der Waals surface area contributed by atoms with Crippen molar-refractivity contribution in [2.24, 2.45) is 0 Å². The second-order valence-corrected chi connectivity index (χ2v) is 3.07. The molecule has 1 aromatic heterocycles. The quantitative estimate of drug-likeness (QED) is 0.575. The summed E-state index contributed by atoms with van der Waals surface area (Å²) in [4.78, 5) is 3.95. The lowest BCUT2D eigenvalue weighted by Crippen LogP contribution is -2.03. The van der Waals surface area contributed by atoms with Gasteiger partial charge in [-0.3, -0.25) is 10.4 Å². The smallest absolute Gasteiger partial charge is 0.180 e. The molecule has 1 N–H and O–H groups in total. The standard InChI is InChI=1S/C11H16N2O/c1-2-14-11(12)5-3-4-10-6-8-13-9-7-10/h6-9,12H,2-5H2,1H3. The van der Waals surface area contributed by atoms with Gasteiger partial charge < -0.3 is 4.74 Å². The van der Waals surface area contributed by atoms with Crippen LogP contribution in [0.2, 0.25) is 0 Å². The molecule has 1 rings (SSSR count). The molecule has 1 heterocycles. The molecule has 0 saturated carbocycles. The molecular weight excluding hydrogens is 176 g/mol. The van der Waals surface area contributed by atoms with Crippen molar-refractivity contribution in [3.63, 3.8) is 0 Å². The Hall–Kier alpha value is -1.38. The van der Waals surface area contributed by atoms with Crippen LogP contribution in [0.1, 0.15) is 25.3 Å². The van der Waals surface area contributed by atoms with E-state index in [1.807, 2.05) is 19.1 Å². The highest BCUT2D eigenvalue weighted by atomic mass is 16.5. The predicted octanol–water partition coefficient (Wildman–Crippen LogP) is 2.42. The lowest BCUT2D eigenvalue weighted by Gasteiger charge is -2.04. The summed E-state index contributed by atoms with van der Waals surface area (Å²) in [5.74, 6) is 0.390. The van der Waals surface area contributed by atoms with E-state index >= 15 is 0 Å². The summed E-state index contributed by atoms with van der Waals surface area (Å²) in [5, 5.41) is 7.42. The predicted molar refractivity (Wildman–Crippen MR) is 56.5 cm³/mol. The highest BCUT2D eigenvalue weighted by Crippen LogP contribution is 2.04. The molecule has 1 aromatic rings. The van der Waals surface area contributed by atoms with E-state index in [2.05, 4.69) is 4.98 Å². The molecule has 3 heteroatoms. The number of nitrogens with zero attached hydrogens (tertiary/aromatic N) is 1. The Morgan fingerprint density at radius 2 is 2.14 bits per heavy atom. The summed E-state index contributed by atoms with van der Waals surface area (Å²) in [5.41, 5.74) is 1.27. The first-order chi connectivity index (χ1) is 6.83. The summed E-state index contributed by atoms with van der Waals surface area (Å²) >= 11 is 0. The molecule has 0 aromatic carbocycles. The van der Waals surface area contributed by atoms with E-state index in [4.69, 9.17) is 10.1 Å². The number of nitrogens with one attached hydrogen (secondary N) is 1. The maximum atomic E-state index is 7.42. The number of pyridine rings is 1. The fourth-order valence-electron chi connectivity index (χ4n) is 1.25. The zero-order chi connectivity index (χ0) is 10.2. The van der Waals surface area contributed by atoms with E-state index in [-0.39, 0.29) is 0 Å². The molecular formula is C11H16N2O. The zero-order valence-electron chi connectivity index (χ0n) is 8.49. The lowest BCUT2D eigenvalue weighted by molar-refractivity contribution is 0.313. The van der Waals surface area contributed by atoms with Gasteiger partial charge in [-0.15, -0.1) is 0 Å². The number of hydrogen-bond acceptors (Lipinski definition) is 3. The fourth-order valence-corrected chi connectivity index (χ4v) is 1.25. The molecule has 0 atom stereocenters. The van der Waals surface area contributed by atoms with Crippen molar-refractivity contribution in [3.05, 3.63) is 30.1 Å². The lowest BCUT2D eigenvalue weighted by atomic mass is 10.1. The van der Waals surface area contributed by atoms with E-state index in [1.165, 1.54) is 5.56 Å². The van der Waals surface area contributed by atoms with Crippen molar-refractivity contribution in [2.75, 3.05) is 6.61 Å². The summed E-state index contributed by atoms with van der Waals surface area (Å²) < 4.78 is 5.05. The van der Waals surface area contributed by atoms with Crippen LogP contribution in [0.3, 0.4) is 0 Å². The van der Waals surface area contributed by atoms with Gasteiger partial charge in [-0.1, -0.05) is 0 Å². The zero-order valence-corrected chi connectivity index (χ0v) is 8.49. The number of hydrogen-bond donors (Lipinski definition) is 1. The van der Waals surface area contributed by atoms with Crippen molar-refractivity contribution in [1.82, 2.24) is 4.98 Å². The molecule has 0 aliphatic carbocycles. The largest absolute Gasteiger partial charge is 0.481 e. The van der Waals surface area contributed by atoms with Gasteiger partial charge in [0.1, 0.15) is 0 Å². The molecule has 0 radical (unpaired) electrons. The third-order valence-corrected chi connectivity index (χ3v) is 1.94. The molecule has 76 valence electrons. The maximum absolute atomic E-state index is 7.42. The molecule has 3 nitrogen and oxygen atoms in total. The van der Waals surface area contributed by atoms with Crippen LogP contribution in [0.15, 0.2) is 24.5 Å². The molecule has 0 bridgehead atoms. The SMILES string of the molecule is CCOC(=N)CCCc1ccncc1. The van der Waals surface area contributed by atoms with Crippen LogP contribution in [-0.2, 0) is 11.2 Å². The molecule has 0 fully saturated rings. The monoisotopic (exact) mass is 192 g/mol. The number of aromatic nitrogens is 1. The molecule has 0 aliphatic heterocycles. The van der Waals surface area contributed by atoms with Crippen LogP contribution in [0, 0.1) is 5.41 Å². The van der Waals surface area contributed by atoms with Crippen LogP contribution >= 0.6 is 0 Å². The van der Waals surface area contributed by atoms with Gasteiger partial charge in [0, 0.05) is 18.8 Å². The number of aryl methyl sites for hydroxylation is 1. The highest BCUT2D eigenvalue weighted by Gasteiger charge is 1.97. The Labute approximate surface area is 84.6 Å². The van der Waals surface area contributed by atoms with Crippen molar-refractivity contribution >= 4 is 5.90 Å². The maximum Gasteiger partial charge on any atom is 0.180 e. The average Bonchev–Trinajstić information content (AvgIpc) is 2.20. The van der Waals surface area contributed by atoms with Gasteiger partial charge in [-0.05, 0) is 37.5 Å². The minimum absolute atomic E-state index is 0.390. The van der Waals surface area contributed by atoms with Crippen molar-refractivity contribution in [1.29, 1.82) is 5.41 Å². The Morgan fingerprint density at radius 3 is 2.79 bits per heavy atom. The minimum Gasteiger partial charge on any atom is -0.481 e. The van der Waals surface area contributed by atoms with Gasteiger partial charge >= 0.3 is 0 Å². The van der Waals surface area contributed by atoms with E-state index in [1.54, 1.807) is 12.4 Å². The Kier molecular flexibility index (Phi) is 4.69. The van der Waals surface area contributed by atoms with Crippen molar-refractivity contribution < 1.29 is 4.74 Å². The van der Waals surface area contributed by atoms with Crippen LogP contribution in [-0.4, -0.2) is 17.5 Å². The van der Waals surface area contributed by atoms with Gasteiger partial charge in [-0.2, -0.15) is 0 Å². The number of rotatable bonds is 5. The molecule has 14 heavy (non-hydrogen) atoms. The van der Waals surface area contributed by atoms with Crippen LogP contribution in [0.4, 0.5) is 0 Å². The van der Waals surface area contributed by atoms with Crippen LogP contribution in [0.25, 0.3) is 0 Å². The third-order valence-electron chi connectivity index (χ3n) is 1.94. The highest BCUT2D eigenvalue weighted by molar-refractivity contribution is 5.72. The van der Waals surface area contributed by atoms with Gasteiger partial charge in [-0.25, -0.2) is 0 Å². The van der Waals surface area contributed by atoms with Gasteiger partial charge in [0.25, 0.3) is 0 Å². The molecule has 0 aliphatic rings. The first kappa shape index (κ1) is 10.7. The van der Waals surface area contributed by atoms with Crippen molar-refractivity contribution in [3.8, 4) is 0 Å². The van der Waals surface area contributed by atoms with Crippen LogP contribution in [0.5, 0.6) is 0 Å². The van der Waals surface area contributed by atoms with E-state index in [9.17, 15) is 0 Å². The summed E-state index contributed by atoms with van der Waals surface area (Å²) in [7, 11) is 0. The van der Waals surface area contributed by atoms with Gasteiger partial charge in [0.15, 0.2) is 5.90 Å². The van der Waals surface area contributed by atoms with Crippen molar-refractivity contribution in [2.45, 2.75) is 26.2 Å². The first-order valence-corrected chi connectivity index (χ1v) is 4.92. The molecule has 0 unspecified atom stereocenters. The Morgan fingerprint density at radius 1 is 1.43 bits per heavy atom. The summed E-state index contributed by atoms with van der Waals surface area (Å²) in [6.45, 7) is 2.49. The topological polar surface area (TPSA) is 46.0 Å². The number of ether oxygens (including phenoxy) is 1. The van der Waals surface area contributed by atoms with E-state index in [0.29, 0.717) is 12.5 Å². The Bertz CT molecular complexity index is 272. The first-order valence-electron chi connectivity index (χ1n) is 4.92. The molecule has 0 saturated heterocycles. The van der Waals surface area contributed by atoms with Gasteiger partial charge in [0.05, 0.1) is 6.61 Å². The molecule has 0 spiro atoms. The van der Waals surface area contributed by atoms with E-state index < -0.39 is 0 Å². The minimum atomic E-state index is 0.390. The van der Waals surface area contributed by atoms with E-state index in [0.717, 1.165) is 19.3 Å². The summed E-state index contributed by atoms with van der Waals surface area (Å²) in [6.07, 6.45) is 6.25. The normalized spacial score (nSPS) is 9.79. The second kappa shape index (κ2) is 6.13. The Balaban J connectivity index is 2.19. The molecule has 0 amide bonds. The van der Waals surface area contributed by atoms with Gasteiger partial charge in [0.2, 0.25) is 0 Å².